The van der Waals surface area contributed by atoms with E-state index in [1.54, 1.807) is 11.2 Å². The van der Waals surface area contributed by atoms with Gasteiger partial charge in [-0.15, -0.1) is 0 Å². The van der Waals surface area contributed by atoms with Crippen LogP contribution in [0.2, 0.25) is 5.02 Å². The molecule has 0 aliphatic carbocycles. The lowest BCUT2D eigenvalue weighted by molar-refractivity contribution is 0.0901. The average molecular weight is 349 g/mol. The topological polar surface area (TPSA) is 58.6 Å². The van der Waals surface area contributed by atoms with Gasteiger partial charge in [0.15, 0.2) is 0 Å². The van der Waals surface area contributed by atoms with E-state index in [1.165, 1.54) is 0 Å². The van der Waals surface area contributed by atoms with Gasteiger partial charge in [0.1, 0.15) is 12.1 Å². The van der Waals surface area contributed by atoms with E-state index in [0.29, 0.717) is 43.7 Å². The summed E-state index contributed by atoms with van der Waals surface area (Å²) in [7, 11) is 0. The molecule has 1 aromatic heterocycles. The van der Waals surface area contributed by atoms with Gasteiger partial charge in [0.05, 0.1) is 12.1 Å². The molecule has 128 valence electrons. The largest absolute Gasteiger partial charge is 0.449 e. The van der Waals surface area contributed by atoms with Crippen molar-refractivity contribution in [3.05, 3.63) is 29.5 Å². The predicted molar refractivity (Wildman–Crippen MR) is 94.5 cm³/mol. The number of carbonyl (C=O) groups is 1. The number of nitrogens with zero attached hydrogens (tertiary/aromatic N) is 4. The first-order valence-corrected chi connectivity index (χ1v) is 8.49. The molecule has 1 aromatic carbocycles. The molecule has 24 heavy (non-hydrogen) atoms. The van der Waals surface area contributed by atoms with E-state index in [1.807, 2.05) is 32.0 Å². The summed E-state index contributed by atoms with van der Waals surface area (Å²) in [6.07, 6.45) is 1.32. The molecule has 1 fully saturated rings. The molecule has 2 aromatic rings. The van der Waals surface area contributed by atoms with Crippen LogP contribution in [0.1, 0.15) is 13.8 Å². The summed E-state index contributed by atoms with van der Waals surface area (Å²) in [6, 6.07) is 5.62. The lowest BCUT2D eigenvalue weighted by Crippen LogP contribution is -2.49. The van der Waals surface area contributed by atoms with E-state index in [0.717, 1.165) is 16.7 Å². The van der Waals surface area contributed by atoms with Crippen LogP contribution in [-0.4, -0.2) is 53.7 Å². The molecule has 7 heteroatoms. The summed E-state index contributed by atoms with van der Waals surface area (Å²) in [5, 5.41) is 1.63. The van der Waals surface area contributed by atoms with Gasteiger partial charge in [-0.05, 0) is 24.1 Å². The highest BCUT2D eigenvalue weighted by Crippen LogP contribution is 2.26. The number of aromatic nitrogens is 2. The standard InChI is InChI=1S/C17H21ClN4O2/c1-12(2)10-24-17(23)22-7-5-21(6-8-22)16-14-4-3-13(18)9-15(14)19-11-20-16/h3-4,9,11-12H,5-8,10H2,1-2H3. The maximum absolute atomic E-state index is 12.0. The lowest BCUT2D eigenvalue weighted by atomic mass is 10.2. The average Bonchev–Trinajstić information content (AvgIpc) is 2.59. The Hall–Kier alpha value is -2.08. The summed E-state index contributed by atoms with van der Waals surface area (Å²) >= 11 is 6.03. The highest BCUT2D eigenvalue weighted by atomic mass is 35.5. The molecule has 1 saturated heterocycles. The fourth-order valence-corrected chi connectivity index (χ4v) is 2.86. The minimum Gasteiger partial charge on any atom is -0.449 e. The number of hydrogen-bond acceptors (Lipinski definition) is 5. The molecule has 1 aliphatic heterocycles. The SMILES string of the molecule is CC(C)COC(=O)N1CCN(c2ncnc3cc(Cl)ccc23)CC1. The third-order valence-corrected chi connectivity index (χ3v) is 4.19. The van der Waals surface area contributed by atoms with Crippen molar-refractivity contribution in [1.29, 1.82) is 0 Å². The zero-order valence-electron chi connectivity index (χ0n) is 13.9. The molecular weight excluding hydrogens is 328 g/mol. The molecule has 6 nitrogen and oxygen atoms in total. The summed E-state index contributed by atoms with van der Waals surface area (Å²) in [6.45, 7) is 7.18. The van der Waals surface area contributed by atoms with Crippen molar-refractivity contribution in [2.45, 2.75) is 13.8 Å². The second kappa shape index (κ2) is 7.21. The van der Waals surface area contributed by atoms with Crippen molar-refractivity contribution in [3.63, 3.8) is 0 Å². The number of piperazine rings is 1. The van der Waals surface area contributed by atoms with Crippen LogP contribution in [0, 0.1) is 5.92 Å². The van der Waals surface area contributed by atoms with Gasteiger partial charge < -0.3 is 14.5 Å². The predicted octanol–water partition coefficient (Wildman–Crippen LogP) is 3.20. The van der Waals surface area contributed by atoms with E-state index >= 15 is 0 Å². The molecule has 0 N–H and O–H groups in total. The normalized spacial score (nSPS) is 15.2. The first-order valence-electron chi connectivity index (χ1n) is 8.11. The van der Waals surface area contributed by atoms with E-state index in [2.05, 4.69) is 14.9 Å². The van der Waals surface area contributed by atoms with Crippen molar-refractivity contribution in [3.8, 4) is 0 Å². The van der Waals surface area contributed by atoms with Crippen LogP contribution < -0.4 is 4.90 Å². The molecule has 0 saturated carbocycles. The number of benzene rings is 1. The molecule has 0 radical (unpaired) electrons. The van der Waals surface area contributed by atoms with Gasteiger partial charge in [-0.1, -0.05) is 25.4 Å². The fraction of sp³-hybridized carbons (Fsp3) is 0.471. The van der Waals surface area contributed by atoms with Crippen molar-refractivity contribution in [2.75, 3.05) is 37.7 Å². The number of rotatable bonds is 3. The Labute approximate surface area is 146 Å². The van der Waals surface area contributed by atoms with E-state index in [4.69, 9.17) is 16.3 Å². The molecule has 0 atom stereocenters. The Morgan fingerprint density at radius 3 is 2.71 bits per heavy atom. The van der Waals surface area contributed by atoms with Crippen LogP contribution >= 0.6 is 11.6 Å². The van der Waals surface area contributed by atoms with Gasteiger partial charge in [0.2, 0.25) is 0 Å². The molecule has 0 spiro atoms. The number of ether oxygens (including phenoxy) is 1. The minimum absolute atomic E-state index is 0.234. The maximum Gasteiger partial charge on any atom is 0.409 e. The lowest BCUT2D eigenvalue weighted by Gasteiger charge is -2.35. The highest BCUT2D eigenvalue weighted by molar-refractivity contribution is 6.31. The molecule has 1 aliphatic rings. The molecule has 3 rings (SSSR count). The number of amides is 1. The highest BCUT2D eigenvalue weighted by Gasteiger charge is 2.24. The summed E-state index contributed by atoms with van der Waals surface area (Å²) in [5.74, 6) is 1.22. The van der Waals surface area contributed by atoms with Crippen molar-refractivity contribution < 1.29 is 9.53 Å². The van der Waals surface area contributed by atoms with Gasteiger partial charge in [0, 0.05) is 36.6 Å². The minimum atomic E-state index is -0.234. The van der Waals surface area contributed by atoms with E-state index in [9.17, 15) is 4.79 Å². The third-order valence-electron chi connectivity index (χ3n) is 3.96. The van der Waals surface area contributed by atoms with Crippen molar-refractivity contribution in [1.82, 2.24) is 14.9 Å². The summed E-state index contributed by atoms with van der Waals surface area (Å²) < 4.78 is 5.30. The van der Waals surface area contributed by atoms with Crippen LogP contribution in [0.5, 0.6) is 0 Å². The summed E-state index contributed by atoms with van der Waals surface area (Å²) in [5.41, 5.74) is 0.825. The van der Waals surface area contributed by atoms with Gasteiger partial charge in [-0.2, -0.15) is 0 Å². The quantitative estimate of drug-likeness (QED) is 0.852. The Morgan fingerprint density at radius 2 is 2.00 bits per heavy atom. The molecule has 0 bridgehead atoms. The Bertz CT molecular complexity index is 730. The van der Waals surface area contributed by atoms with Crippen LogP contribution in [-0.2, 0) is 4.74 Å². The Kier molecular flexibility index (Phi) is 5.04. The van der Waals surface area contributed by atoms with Crippen LogP contribution in [0.25, 0.3) is 10.9 Å². The van der Waals surface area contributed by atoms with Crippen molar-refractivity contribution >= 4 is 34.4 Å². The zero-order chi connectivity index (χ0) is 17.1. The summed E-state index contributed by atoms with van der Waals surface area (Å²) in [4.78, 5) is 24.7. The number of carbonyl (C=O) groups excluding carboxylic acids is 1. The number of fused-ring (bicyclic) bond motifs is 1. The van der Waals surface area contributed by atoms with E-state index < -0.39 is 0 Å². The zero-order valence-corrected chi connectivity index (χ0v) is 14.7. The number of halogens is 1. The third kappa shape index (κ3) is 3.70. The second-order valence-electron chi connectivity index (χ2n) is 6.30. The van der Waals surface area contributed by atoms with Gasteiger partial charge in [-0.3, -0.25) is 0 Å². The fourth-order valence-electron chi connectivity index (χ4n) is 2.70. The Balaban J connectivity index is 1.68. The monoisotopic (exact) mass is 348 g/mol. The van der Waals surface area contributed by atoms with Crippen LogP contribution in [0.15, 0.2) is 24.5 Å². The van der Waals surface area contributed by atoms with Gasteiger partial charge in [0.25, 0.3) is 0 Å². The molecule has 2 heterocycles. The first-order chi connectivity index (χ1) is 11.5. The molecular formula is C17H21ClN4O2. The van der Waals surface area contributed by atoms with Crippen LogP contribution in [0.3, 0.4) is 0 Å². The maximum atomic E-state index is 12.0. The first kappa shape index (κ1) is 16.8. The second-order valence-corrected chi connectivity index (χ2v) is 6.74. The molecule has 0 unspecified atom stereocenters. The number of hydrogen-bond donors (Lipinski definition) is 0. The smallest absolute Gasteiger partial charge is 0.409 e. The molecule has 1 amide bonds. The number of anilines is 1. The van der Waals surface area contributed by atoms with Gasteiger partial charge >= 0.3 is 6.09 Å². The van der Waals surface area contributed by atoms with Gasteiger partial charge in [-0.25, -0.2) is 14.8 Å². The van der Waals surface area contributed by atoms with Crippen molar-refractivity contribution in [2.24, 2.45) is 5.92 Å². The Morgan fingerprint density at radius 1 is 1.25 bits per heavy atom. The van der Waals surface area contributed by atoms with Crippen LogP contribution in [0.4, 0.5) is 10.6 Å². The van der Waals surface area contributed by atoms with E-state index in [-0.39, 0.29) is 6.09 Å².